The molecule has 2 N–H and O–H groups in total. The van der Waals surface area contributed by atoms with E-state index < -0.39 is 0 Å². The molecule has 0 aromatic rings. The maximum Gasteiger partial charge on any atom is 0.0209 e. The Hall–Kier alpha value is -0.0800. The fourth-order valence-electron chi connectivity index (χ4n) is 2.21. The van der Waals surface area contributed by atoms with Gasteiger partial charge < -0.3 is 5.73 Å². The highest BCUT2D eigenvalue weighted by Gasteiger charge is 2.31. The summed E-state index contributed by atoms with van der Waals surface area (Å²) in [5.41, 5.74) is 6.11. The van der Waals surface area contributed by atoms with E-state index in [-0.39, 0.29) is 0 Å². The molecule has 1 saturated heterocycles. The maximum absolute atomic E-state index is 6.11. The Kier molecular flexibility index (Phi) is 3.74. The van der Waals surface area contributed by atoms with E-state index >= 15 is 0 Å². The van der Waals surface area contributed by atoms with Crippen molar-refractivity contribution in [2.75, 3.05) is 13.1 Å². The molecule has 2 atom stereocenters. The van der Waals surface area contributed by atoms with Gasteiger partial charge in [-0.05, 0) is 32.1 Å². The van der Waals surface area contributed by atoms with Crippen LogP contribution in [0.25, 0.3) is 0 Å². The standard InChI is InChI=1S/C11H24N2/c1-8(2)5-10-6-13(9(3)4)7-11(10)12/h8-11H,5-7,12H2,1-4H3/t10-,11-/m0/s1. The zero-order valence-corrected chi connectivity index (χ0v) is 9.46. The first-order valence-electron chi connectivity index (χ1n) is 5.50. The Labute approximate surface area is 82.5 Å². The van der Waals surface area contributed by atoms with Crippen LogP contribution in [-0.4, -0.2) is 30.1 Å². The van der Waals surface area contributed by atoms with Crippen molar-refractivity contribution in [2.24, 2.45) is 17.6 Å². The third-order valence-electron chi connectivity index (χ3n) is 3.02. The second kappa shape index (κ2) is 4.43. The van der Waals surface area contributed by atoms with Gasteiger partial charge in [-0.25, -0.2) is 0 Å². The highest BCUT2D eigenvalue weighted by molar-refractivity contribution is 4.88. The maximum atomic E-state index is 6.11. The molecule has 0 aromatic heterocycles. The van der Waals surface area contributed by atoms with Crippen molar-refractivity contribution in [1.29, 1.82) is 0 Å². The van der Waals surface area contributed by atoms with Crippen molar-refractivity contribution in [1.82, 2.24) is 4.90 Å². The fourth-order valence-corrected chi connectivity index (χ4v) is 2.21. The van der Waals surface area contributed by atoms with Crippen LogP contribution < -0.4 is 5.73 Å². The zero-order chi connectivity index (χ0) is 10.0. The molecule has 1 rings (SSSR count). The number of hydrogen-bond donors (Lipinski definition) is 1. The third-order valence-corrected chi connectivity index (χ3v) is 3.02. The second-order valence-corrected chi connectivity index (χ2v) is 5.10. The molecular formula is C11H24N2. The monoisotopic (exact) mass is 184 g/mol. The van der Waals surface area contributed by atoms with E-state index in [2.05, 4.69) is 32.6 Å². The molecule has 2 heteroatoms. The number of rotatable bonds is 3. The smallest absolute Gasteiger partial charge is 0.0209 e. The van der Waals surface area contributed by atoms with E-state index in [4.69, 9.17) is 5.73 Å². The van der Waals surface area contributed by atoms with Crippen LogP contribution in [0.2, 0.25) is 0 Å². The lowest BCUT2D eigenvalue weighted by Crippen LogP contribution is -2.32. The van der Waals surface area contributed by atoms with Gasteiger partial charge in [0.25, 0.3) is 0 Å². The molecule has 1 aliphatic rings. The zero-order valence-electron chi connectivity index (χ0n) is 9.46. The second-order valence-electron chi connectivity index (χ2n) is 5.10. The van der Waals surface area contributed by atoms with E-state index in [0.29, 0.717) is 12.1 Å². The van der Waals surface area contributed by atoms with E-state index in [1.54, 1.807) is 0 Å². The van der Waals surface area contributed by atoms with Gasteiger partial charge in [-0.2, -0.15) is 0 Å². The Balaban J connectivity index is 2.42. The topological polar surface area (TPSA) is 29.3 Å². The van der Waals surface area contributed by atoms with Gasteiger partial charge in [-0.1, -0.05) is 13.8 Å². The largest absolute Gasteiger partial charge is 0.326 e. The van der Waals surface area contributed by atoms with Crippen LogP contribution in [0.3, 0.4) is 0 Å². The van der Waals surface area contributed by atoms with Crippen LogP contribution in [-0.2, 0) is 0 Å². The van der Waals surface area contributed by atoms with Crippen molar-refractivity contribution in [3.63, 3.8) is 0 Å². The average Bonchev–Trinajstić information content (AvgIpc) is 2.31. The van der Waals surface area contributed by atoms with Crippen LogP contribution >= 0.6 is 0 Å². The quantitative estimate of drug-likeness (QED) is 0.723. The molecule has 1 heterocycles. The van der Waals surface area contributed by atoms with E-state index in [0.717, 1.165) is 18.4 Å². The van der Waals surface area contributed by atoms with Crippen LogP contribution in [0.4, 0.5) is 0 Å². The van der Waals surface area contributed by atoms with Gasteiger partial charge >= 0.3 is 0 Å². The average molecular weight is 184 g/mol. The number of nitrogens with zero attached hydrogens (tertiary/aromatic N) is 1. The summed E-state index contributed by atoms with van der Waals surface area (Å²) in [5.74, 6) is 1.51. The SMILES string of the molecule is CC(C)C[C@H]1CN(C(C)C)C[C@@H]1N. The van der Waals surface area contributed by atoms with E-state index in [9.17, 15) is 0 Å². The molecular weight excluding hydrogens is 160 g/mol. The first-order valence-corrected chi connectivity index (χ1v) is 5.50. The molecule has 0 spiro atoms. The Morgan fingerprint density at radius 1 is 1.23 bits per heavy atom. The lowest BCUT2D eigenvalue weighted by Gasteiger charge is -2.20. The molecule has 0 aromatic carbocycles. The first kappa shape index (κ1) is 11.0. The molecule has 1 aliphatic heterocycles. The summed E-state index contributed by atoms with van der Waals surface area (Å²) in [6.45, 7) is 11.4. The van der Waals surface area contributed by atoms with Gasteiger partial charge in [0, 0.05) is 25.2 Å². The first-order chi connectivity index (χ1) is 6.00. The Bertz CT molecular complexity index is 154. The molecule has 2 nitrogen and oxygen atoms in total. The number of hydrogen-bond acceptors (Lipinski definition) is 2. The molecule has 0 amide bonds. The third kappa shape index (κ3) is 2.96. The number of nitrogens with two attached hydrogens (primary N) is 1. The fraction of sp³-hybridized carbons (Fsp3) is 1.00. The van der Waals surface area contributed by atoms with Crippen LogP contribution in [0.5, 0.6) is 0 Å². The summed E-state index contributed by atoms with van der Waals surface area (Å²) in [6, 6.07) is 1.06. The summed E-state index contributed by atoms with van der Waals surface area (Å²) < 4.78 is 0. The summed E-state index contributed by atoms with van der Waals surface area (Å²) >= 11 is 0. The highest BCUT2D eigenvalue weighted by Crippen LogP contribution is 2.23. The van der Waals surface area contributed by atoms with Crippen molar-refractivity contribution in [3.05, 3.63) is 0 Å². The molecule has 0 saturated carbocycles. The molecule has 1 fully saturated rings. The van der Waals surface area contributed by atoms with E-state index in [1.165, 1.54) is 13.0 Å². The number of likely N-dealkylation sites (tertiary alicyclic amines) is 1. The van der Waals surface area contributed by atoms with Crippen LogP contribution in [0.1, 0.15) is 34.1 Å². The van der Waals surface area contributed by atoms with Gasteiger partial charge in [-0.15, -0.1) is 0 Å². The summed E-state index contributed by atoms with van der Waals surface area (Å²) in [4.78, 5) is 2.50. The van der Waals surface area contributed by atoms with Gasteiger partial charge in [0.05, 0.1) is 0 Å². The van der Waals surface area contributed by atoms with Crippen molar-refractivity contribution in [3.8, 4) is 0 Å². The minimum absolute atomic E-state index is 0.407. The summed E-state index contributed by atoms with van der Waals surface area (Å²) in [7, 11) is 0. The normalized spacial score (nSPS) is 30.7. The van der Waals surface area contributed by atoms with Gasteiger partial charge in [0.2, 0.25) is 0 Å². The highest BCUT2D eigenvalue weighted by atomic mass is 15.2. The van der Waals surface area contributed by atoms with Gasteiger partial charge in [0.15, 0.2) is 0 Å². The van der Waals surface area contributed by atoms with Crippen LogP contribution in [0.15, 0.2) is 0 Å². The summed E-state index contributed by atoms with van der Waals surface area (Å²) in [5, 5.41) is 0. The van der Waals surface area contributed by atoms with Crippen LogP contribution in [0, 0.1) is 11.8 Å². The molecule has 0 radical (unpaired) electrons. The minimum atomic E-state index is 0.407. The van der Waals surface area contributed by atoms with Crippen molar-refractivity contribution < 1.29 is 0 Å². The minimum Gasteiger partial charge on any atom is -0.326 e. The molecule has 13 heavy (non-hydrogen) atoms. The lowest BCUT2D eigenvalue weighted by atomic mass is 9.93. The Morgan fingerprint density at radius 3 is 2.23 bits per heavy atom. The molecule has 0 aliphatic carbocycles. The van der Waals surface area contributed by atoms with Crippen molar-refractivity contribution >= 4 is 0 Å². The molecule has 0 unspecified atom stereocenters. The molecule has 0 bridgehead atoms. The predicted octanol–water partition coefficient (Wildman–Crippen LogP) is 1.70. The van der Waals surface area contributed by atoms with E-state index in [1.807, 2.05) is 0 Å². The van der Waals surface area contributed by atoms with Crippen molar-refractivity contribution in [2.45, 2.75) is 46.2 Å². The lowest BCUT2D eigenvalue weighted by molar-refractivity contribution is 0.258. The van der Waals surface area contributed by atoms with Gasteiger partial charge in [-0.3, -0.25) is 4.90 Å². The summed E-state index contributed by atoms with van der Waals surface area (Å²) in [6.07, 6.45) is 1.28. The van der Waals surface area contributed by atoms with Gasteiger partial charge in [0.1, 0.15) is 0 Å². The Morgan fingerprint density at radius 2 is 1.85 bits per heavy atom. The molecule has 78 valence electrons. The predicted molar refractivity (Wildman–Crippen MR) is 57.6 cm³/mol.